The van der Waals surface area contributed by atoms with Crippen molar-refractivity contribution in [3.63, 3.8) is 0 Å². The number of halogens is 2. The summed E-state index contributed by atoms with van der Waals surface area (Å²) in [6.07, 6.45) is 4.16. The molecule has 0 saturated heterocycles. The second-order valence-electron chi connectivity index (χ2n) is 8.30. The summed E-state index contributed by atoms with van der Waals surface area (Å²) in [7, 11) is 0. The van der Waals surface area contributed by atoms with Gasteiger partial charge < -0.3 is 4.74 Å². The molecule has 37 heavy (non-hydrogen) atoms. The molecule has 8 nitrogen and oxygen atoms in total. The van der Waals surface area contributed by atoms with E-state index < -0.39 is 11.6 Å². The molecule has 1 aromatic heterocycles. The second-order valence-corrected chi connectivity index (χ2v) is 8.30. The SMILES string of the molecule is CCOC(=O)CCc1ccc(-c2ccc(Cn3cc4nc(-c5cccc(F)c5F)nc-4cn3)nn2)cc1. The zero-order chi connectivity index (χ0) is 25.8. The predicted octanol–water partition coefficient (Wildman–Crippen LogP) is 4.72. The van der Waals surface area contributed by atoms with Crippen molar-refractivity contribution in [1.29, 1.82) is 0 Å². The van der Waals surface area contributed by atoms with Gasteiger partial charge in [-0.05, 0) is 43.2 Å². The van der Waals surface area contributed by atoms with Crippen LogP contribution in [0.3, 0.4) is 0 Å². The lowest BCUT2D eigenvalue weighted by molar-refractivity contribution is -0.143. The van der Waals surface area contributed by atoms with Gasteiger partial charge in [-0.25, -0.2) is 18.7 Å². The first kappa shape index (κ1) is 24.1. The van der Waals surface area contributed by atoms with E-state index in [1.54, 1.807) is 17.8 Å². The number of carbonyl (C=O) groups is 1. The number of aromatic nitrogens is 6. The number of rotatable bonds is 8. The fourth-order valence-electron chi connectivity index (χ4n) is 3.83. The molecule has 0 fully saturated rings. The van der Waals surface area contributed by atoms with Crippen molar-refractivity contribution in [2.24, 2.45) is 0 Å². The largest absolute Gasteiger partial charge is 0.466 e. The zero-order valence-electron chi connectivity index (χ0n) is 19.9. The molecular formula is C27H22F2N6O2. The van der Waals surface area contributed by atoms with Gasteiger partial charge in [-0.3, -0.25) is 9.48 Å². The smallest absolute Gasteiger partial charge is 0.306 e. The van der Waals surface area contributed by atoms with Crippen LogP contribution in [0.15, 0.2) is 67.0 Å². The highest BCUT2D eigenvalue weighted by Gasteiger charge is 2.18. The molecule has 10 heteroatoms. The fraction of sp³-hybridized carbons (Fsp3) is 0.185. The lowest BCUT2D eigenvalue weighted by atomic mass is 10.1. The van der Waals surface area contributed by atoms with E-state index in [-0.39, 0.29) is 17.4 Å². The van der Waals surface area contributed by atoms with Crippen LogP contribution in [0, 0.1) is 11.6 Å². The van der Waals surface area contributed by atoms with E-state index in [2.05, 4.69) is 25.3 Å². The molecule has 0 amide bonds. The molecule has 0 unspecified atom stereocenters. The minimum absolute atomic E-state index is 0.00348. The Morgan fingerprint density at radius 2 is 1.76 bits per heavy atom. The van der Waals surface area contributed by atoms with Crippen LogP contribution in [0.2, 0.25) is 0 Å². The Balaban J connectivity index is 1.26. The molecule has 0 saturated carbocycles. The average molecular weight is 501 g/mol. The predicted molar refractivity (Wildman–Crippen MR) is 131 cm³/mol. The van der Waals surface area contributed by atoms with E-state index in [1.807, 2.05) is 36.4 Å². The van der Waals surface area contributed by atoms with Gasteiger partial charge in [-0.1, -0.05) is 30.3 Å². The van der Waals surface area contributed by atoms with E-state index in [0.29, 0.717) is 43.1 Å². The van der Waals surface area contributed by atoms with Crippen LogP contribution in [0.1, 0.15) is 24.6 Å². The summed E-state index contributed by atoms with van der Waals surface area (Å²) in [6.45, 7) is 2.52. The third kappa shape index (κ3) is 5.48. The molecule has 2 aromatic carbocycles. The standard InChI is InChI=1S/C27H22F2N6O2/c1-2-37-25(36)13-8-17-6-9-18(10-7-17)22-12-11-19(33-34-22)15-35-16-24-23(14-30-35)31-27(32-24)20-4-3-5-21(28)26(20)29/h3-7,9-12,14,16H,2,8,13,15H2,1H3. The van der Waals surface area contributed by atoms with Crippen molar-refractivity contribution < 1.29 is 18.3 Å². The van der Waals surface area contributed by atoms with Gasteiger partial charge in [0.2, 0.25) is 0 Å². The molecular weight excluding hydrogens is 478 g/mol. The molecule has 3 aromatic rings. The number of fused-ring (bicyclic) bond motifs is 1. The van der Waals surface area contributed by atoms with Crippen molar-refractivity contribution >= 4 is 5.97 Å². The first-order valence-electron chi connectivity index (χ1n) is 11.7. The highest BCUT2D eigenvalue weighted by Crippen LogP contribution is 2.27. The molecule has 3 heterocycles. The highest BCUT2D eigenvalue weighted by atomic mass is 19.2. The van der Waals surface area contributed by atoms with Crippen molar-refractivity contribution in [1.82, 2.24) is 29.9 Å². The number of carbonyl (C=O) groups excluding carboxylic acids is 1. The third-order valence-corrected chi connectivity index (χ3v) is 5.72. The van der Waals surface area contributed by atoms with Crippen LogP contribution in [0.4, 0.5) is 8.78 Å². The van der Waals surface area contributed by atoms with Crippen molar-refractivity contribution in [3.05, 3.63) is 89.9 Å². The van der Waals surface area contributed by atoms with E-state index >= 15 is 0 Å². The van der Waals surface area contributed by atoms with E-state index in [9.17, 15) is 13.6 Å². The first-order chi connectivity index (χ1) is 18.0. The summed E-state index contributed by atoms with van der Waals surface area (Å²) in [6, 6.07) is 15.4. The van der Waals surface area contributed by atoms with Crippen LogP contribution in [0.5, 0.6) is 0 Å². The number of aryl methyl sites for hydroxylation is 1. The lowest BCUT2D eigenvalue weighted by Crippen LogP contribution is -2.07. The molecule has 0 spiro atoms. The number of benzene rings is 2. The van der Waals surface area contributed by atoms with E-state index in [4.69, 9.17) is 4.74 Å². The Morgan fingerprint density at radius 3 is 2.51 bits per heavy atom. The van der Waals surface area contributed by atoms with E-state index in [0.717, 1.165) is 22.9 Å². The zero-order valence-corrected chi connectivity index (χ0v) is 19.9. The molecule has 0 atom stereocenters. The number of ether oxygens (including phenoxy) is 1. The second kappa shape index (κ2) is 10.6. The summed E-state index contributed by atoms with van der Waals surface area (Å²) in [5.74, 6) is -2.04. The highest BCUT2D eigenvalue weighted by molar-refractivity contribution is 5.70. The fourth-order valence-corrected chi connectivity index (χ4v) is 3.83. The van der Waals surface area contributed by atoms with Gasteiger partial charge in [0, 0.05) is 12.0 Å². The normalized spacial score (nSPS) is 11.1. The van der Waals surface area contributed by atoms with Gasteiger partial charge in [0.25, 0.3) is 0 Å². The van der Waals surface area contributed by atoms with Crippen LogP contribution in [0.25, 0.3) is 34.0 Å². The molecule has 0 bridgehead atoms. The number of esters is 1. The minimum Gasteiger partial charge on any atom is -0.466 e. The summed E-state index contributed by atoms with van der Waals surface area (Å²) in [5.41, 5.74) is 4.33. The van der Waals surface area contributed by atoms with Gasteiger partial charge in [-0.2, -0.15) is 15.3 Å². The maximum absolute atomic E-state index is 14.1. The van der Waals surface area contributed by atoms with Gasteiger partial charge in [-0.15, -0.1) is 0 Å². The van der Waals surface area contributed by atoms with Crippen molar-refractivity contribution in [2.75, 3.05) is 6.61 Å². The van der Waals surface area contributed by atoms with Crippen LogP contribution >= 0.6 is 0 Å². The Hall–Kier alpha value is -4.60. The lowest BCUT2D eigenvalue weighted by Gasteiger charge is -2.07. The average Bonchev–Trinajstić information content (AvgIpc) is 3.33. The summed E-state index contributed by atoms with van der Waals surface area (Å²) < 4.78 is 34.3. The minimum atomic E-state index is -0.986. The van der Waals surface area contributed by atoms with Gasteiger partial charge in [0.1, 0.15) is 11.4 Å². The van der Waals surface area contributed by atoms with Crippen LogP contribution < -0.4 is 0 Å². The Bertz CT molecular complexity index is 1500. The molecule has 2 aliphatic rings. The number of hydrogen-bond donors (Lipinski definition) is 0. The number of nitrogens with zero attached hydrogens (tertiary/aromatic N) is 6. The molecule has 2 aliphatic heterocycles. The third-order valence-electron chi connectivity index (χ3n) is 5.72. The number of imidazole rings is 1. The van der Waals surface area contributed by atoms with Gasteiger partial charge in [0.15, 0.2) is 17.5 Å². The molecule has 0 N–H and O–H groups in total. The Morgan fingerprint density at radius 1 is 0.946 bits per heavy atom. The molecule has 0 aliphatic carbocycles. The first-order valence-corrected chi connectivity index (χ1v) is 11.7. The maximum Gasteiger partial charge on any atom is 0.306 e. The van der Waals surface area contributed by atoms with Crippen LogP contribution in [-0.4, -0.2) is 42.5 Å². The molecule has 0 radical (unpaired) electrons. The summed E-state index contributed by atoms with van der Waals surface area (Å²) in [5, 5.41) is 13.0. The summed E-state index contributed by atoms with van der Waals surface area (Å²) in [4.78, 5) is 20.1. The maximum atomic E-state index is 14.1. The van der Waals surface area contributed by atoms with Crippen LogP contribution in [-0.2, 0) is 22.5 Å². The van der Waals surface area contributed by atoms with E-state index in [1.165, 1.54) is 18.3 Å². The molecule has 5 rings (SSSR count). The quantitative estimate of drug-likeness (QED) is 0.284. The van der Waals surface area contributed by atoms with Crippen molar-refractivity contribution in [2.45, 2.75) is 26.3 Å². The Labute approximate surface area is 211 Å². The van der Waals surface area contributed by atoms with Gasteiger partial charge >= 0.3 is 5.97 Å². The monoisotopic (exact) mass is 500 g/mol. The summed E-state index contributed by atoms with van der Waals surface area (Å²) >= 11 is 0. The Kier molecular flexibility index (Phi) is 6.89. The molecule has 186 valence electrons. The number of hydrogen-bond acceptors (Lipinski definition) is 7. The topological polar surface area (TPSA) is 95.7 Å². The van der Waals surface area contributed by atoms with Crippen molar-refractivity contribution in [3.8, 4) is 34.0 Å². The van der Waals surface area contributed by atoms with Gasteiger partial charge in [0.05, 0.1) is 42.5 Å².